The second-order valence-electron chi connectivity index (χ2n) is 26.9. The van der Waals surface area contributed by atoms with Gasteiger partial charge in [0.05, 0.1) is 26.4 Å². The van der Waals surface area contributed by atoms with Gasteiger partial charge in [0.25, 0.3) is 0 Å². The monoisotopic (exact) mass is 1340 g/mol. The van der Waals surface area contributed by atoms with Gasteiger partial charge in [-0.1, -0.05) is 318 Å². The highest BCUT2D eigenvalue weighted by molar-refractivity contribution is 7.47. The summed E-state index contributed by atoms with van der Waals surface area (Å²) in [4.78, 5) is 72.6. The maximum absolute atomic E-state index is 13.0. The molecular weight excluding hydrogens is 1200 g/mol. The molecule has 0 aliphatic carbocycles. The van der Waals surface area contributed by atoms with E-state index in [1.165, 1.54) is 186 Å². The van der Waals surface area contributed by atoms with E-state index in [2.05, 4.69) is 41.5 Å². The summed E-state index contributed by atoms with van der Waals surface area (Å²) in [5.74, 6) is -0.647. The van der Waals surface area contributed by atoms with Crippen LogP contribution in [-0.4, -0.2) is 96.7 Å². The summed E-state index contributed by atoms with van der Waals surface area (Å²) in [6.45, 7) is 9.50. The van der Waals surface area contributed by atoms with Crippen LogP contribution in [-0.2, 0) is 65.4 Å². The summed E-state index contributed by atoms with van der Waals surface area (Å²) >= 11 is 0. The highest BCUT2D eigenvalue weighted by Gasteiger charge is 2.30. The number of esters is 4. The lowest BCUT2D eigenvalue weighted by molar-refractivity contribution is -0.161. The van der Waals surface area contributed by atoms with Crippen molar-refractivity contribution in [2.75, 3.05) is 39.6 Å². The number of unbranched alkanes of at least 4 members (excludes halogenated alkanes) is 41. The van der Waals surface area contributed by atoms with Crippen LogP contribution in [0.2, 0.25) is 0 Å². The molecule has 2 unspecified atom stereocenters. The van der Waals surface area contributed by atoms with E-state index in [9.17, 15) is 43.2 Å². The molecule has 0 aliphatic heterocycles. The average molecular weight is 1340 g/mol. The molecule has 17 nitrogen and oxygen atoms in total. The first-order valence-corrected chi connectivity index (χ1v) is 40.5. The molecule has 0 aromatic carbocycles. The Morgan fingerprint density at radius 3 is 0.747 bits per heavy atom. The molecule has 0 saturated heterocycles. The Kier molecular flexibility index (Phi) is 62.7. The van der Waals surface area contributed by atoms with Gasteiger partial charge in [0.1, 0.15) is 19.3 Å². The number of phosphoric acid groups is 2. The number of aliphatic hydroxyl groups is 1. The third-order valence-corrected chi connectivity index (χ3v) is 18.6. The van der Waals surface area contributed by atoms with E-state index in [1.807, 2.05) is 0 Å². The largest absolute Gasteiger partial charge is 0.472 e. The van der Waals surface area contributed by atoms with Crippen LogP contribution in [0.15, 0.2) is 0 Å². The van der Waals surface area contributed by atoms with E-state index in [0.717, 1.165) is 102 Å². The summed E-state index contributed by atoms with van der Waals surface area (Å²) in [7, 11) is -9.90. The molecule has 540 valence electrons. The number of phosphoric ester groups is 2. The molecule has 0 radical (unpaired) electrons. The maximum atomic E-state index is 13.0. The van der Waals surface area contributed by atoms with Crippen LogP contribution in [0.1, 0.15) is 369 Å². The summed E-state index contributed by atoms with van der Waals surface area (Å²) in [6, 6.07) is 0. The van der Waals surface area contributed by atoms with Gasteiger partial charge in [-0.05, 0) is 37.5 Å². The van der Waals surface area contributed by atoms with E-state index in [1.54, 1.807) is 0 Å². The summed E-state index contributed by atoms with van der Waals surface area (Å²) in [5.41, 5.74) is 0. The van der Waals surface area contributed by atoms with Gasteiger partial charge in [-0.3, -0.25) is 37.3 Å². The molecule has 19 heteroatoms. The second kappa shape index (κ2) is 64.1. The predicted molar refractivity (Wildman–Crippen MR) is 368 cm³/mol. The molecule has 0 bridgehead atoms. The third kappa shape index (κ3) is 66.5. The van der Waals surface area contributed by atoms with Crippen molar-refractivity contribution in [1.82, 2.24) is 0 Å². The van der Waals surface area contributed by atoms with Gasteiger partial charge >= 0.3 is 39.5 Å². The molecular formula is C72H140O17P2. The first-order chi connectivity index (χ1) is 43.9. The Hall–Kier alpha value is -1.94. The summed E-state index contributed by atoms with van der Waals surface area (Å²) < 4.78 is 68.3. The lowest BCUT2D eigenvalue weighted by atomic mass is 10.0. The zero-order valence-corrected chi connectivity index (χ0v) is 60.9. The van der Waals surface area contributed by atoms with Gasteiger partial charge in [-0.15, -0.1) is 0 Å². The highest BCUT2D eigenvalue weighted by Crippen LogP contribution is 2.45. The Morgan fingerprint density at radius 2 is 0.505 bits per heavy atom. The van der Waals surface area contributed by atoms with E-state index >= 15 is 0 Å². The normalized spacial score (nSPS) is 14.1. The van der Waals surface area contributed by atoms with Gasteiger partial charge in [0, 0.05) is 25.7 Å². The molecule has 0 amide bonds. The van der Waals surface area contributed by atoms with Gasteiger partial charge < -0.3 is 33.8 Å². The molecule has 0 aliphatic rings. The molecule has 5 atom stereocenters. The molecule has 0 aromatic heterocycles. The van der Waals surface area contributed by atoms with Gasteiger partial charge in [0.15, 0.2) is 12.2 Å². The van der Waals surface area contributed by atoms with Crippen LogP contribution in [0.25, 0.3) is 0 Å². The SMILES string of the molecule is CCCCCCCCCCCCCCCCCCCCC(=O)O[C@H](COC(=O)CCCCCCCCCCCCC(C)C)COP(=O)(O)OC[C@@H](O)COP(=O)(O)OC[C@@H](COC(=O)CCCCCCCCCCC)OC(=O)CCCCCCCCCCC(C)C. The number of hydrogen-bond donors (Lipinski definition) is 3. The number of rotatable bonds is 71. The highest BCUT2D eigenvalue weighted by atomic mass is 31.2. The smallest absolute Gasteiger partial charge is 0.462 e. The van der Waals surface area contributed by atoms with Crippen molar-refractivity contribution >= 4 is 39.5 Å². The third-order valence-electron chi connectivity index (χ3n) is 16.7. The van der Waals surface area contributed by atoms with Crippen LogP contribution >= 0.6 is 15.6 Å². The molecule has 91 heavy (non-hydrogen) atoms. The fourth-order valence-electron chi connectivity index (χ4n) is 10.9. The number of hydrogen-bond acceptors (Lipinski definition) is 15. The van der Waals surface area contributed by atoms with Crippen molar-refractivity contribution in [3.05, 3.63) is 0 Å². The van der Waals surface area contributed by atoms with Crippen LogP contribution < -0.4 is 0 Å². The van der Waals surface area contributed by atoms with Gasteiger partial charge in [-0.25, -0.2) is 9.13 Å². The van der Waals surface area contributed by atoms with E-state index in [4.69, 9.17) is 37.0 Å². The predicted octanol–water partition coefficient (Wildman–Crippen LogP) is 20.8. The van der Waals surface area contributed by atoms with Crippen molar-refractivity contribution < 1.29 is 80.2 Å². The van der Waals surface area contributed by atoms with Gasteiger partial charge in [-0.2, -0.15) is 0 Å². The van der Waals surface area contributed by atoms with Crippen LogP contribution in [0.5, 0.6) is 0 Å². The first-order valence-electron chi connectivity index (χ1n) is 37.5. The topological polar surface area (TPSA) is 237 Å². The quantitative estimate of drug-likeness (QED) is 0.0222. The van der Waals surface area contributed by atoms with Crippen molar-refractivity contribution in [3.63, 3.8) is 0 Å². The van der Waals surface area contributed by atoms with E-state index in [-0.39, 0.29) is 25.7 Å². The summed E-state index contributed by atoms with van der Waals surface area (Å²) in [5, 5.41) is 10.6. The number of carbonyl (C=O) groups excluding carboxylic acids is 4. The second-order valence-corrected chi connectivity index (χ2v) is 29.8. The number of aliphatic hydroxyl groups excluding tert-OH is 1. The van der Waals surface area contributed by atoms with Crippen molar-refractivity contribution in [2.24, 2.45) is 11.8 Å². The lowest BCUT2D eigenvalue weighted by Gasteiger charge is -2.21. The van der Waals surface area contributed by atoms with Crippen LogP contribution in [0.3, 0.4) is 0 Å². The zero-order valence-electron chi connectivity index (χ0n) is 59.1. The molecule has 0 rings (SSSR count). The van der Waals surface area contributed by atoms with Crippen molar-refractivity contribution in [1.29, 1.82) is 0 Å². The molecule has 3 N–H and O–H groups in total. The first kappa shape index (κ1) is 89.1. The average Bonchev–Trinajstić information content (AvgIpc) is 3.45. The summed E-state index contributed by atoms with van der Waals surface area (Å²) in [6.07, 6.45) is 50.0. The number of carbonyl (C=O) groups is 4. The lowest BCUT2D eigenvalue weighted by Crippen LogP contribution is -2.30. The minimum atomic E-state index is -4.95. The Morgan fingerprint density at radius 1 is 0.297 bits per heavy atom. The molecule has 0 aromatic rings. The fraction of sp³-hybridized carbons (Fsp3) is 0.944. The van der Waals surface area contributed by atoms with Crippen molar-refractivity contribution in [3.8, 4) is 0 Å². The van der Waals surface area contributed by atoms with Crippen LogP contribution in [0, 0.1) is 11.8 Å². The molecule has 0 fully saturated rings. The molecule has 0 heterocycles. The number of ether oxygens (including phenoxy) is 4. The minimum Gasteiger partial charge on any atom is -0.462 e. The molecule has 0 saturated carbocycles. The standard InChI is InChI=1S/C72H140O17P2/c1-7-9-11-13-15-17-18-19-20-21-22-23-24-25-31-38-44-50-56-71(76)88-67(61-83-70(75)55-49-43-37-30-27-26-29-34-40-46-52-64(3)4)62-86-90(78,79)84-58-66(73)59-85-91(80,81)87-63-68(60-82-69(74)54-48-42-36-28-16-14-12-10-8-2)89-72(77)57-51-45-39-33-32-35-41-47-53-65(5)6/h64-68,73H,7-63H2,1-6H3,(H,78,79)(H,80,81)/t66-,67-,68-/m1/s1. The van der Waals surface area contributed by atoms with Gasteiger partial charge in [0.2, 0.25) is 0 Å². The van der Waals surface area contributed by atoms with E-state index in [0.29, 0.717) is 25.7 Å². The Labute approximate surface area is 556 Å². The zero-order chi connectivity index (χ0) is 67.2. The Balaban J connectivity index is 5.22. The molecule has 0 spiro atoms. The maximum Gasteiger partial charge on any atom is 0.472 e. The minimum absolute atomic E-state index is 0.104. The van der Waals surface area contributed by atoms with Crippen LogP contribution in [0.4, 0.5) is 0 Å². The Bertz CT molecular complexity index is 1770. The van der Waals surface area contributed by atoms with E-state index < -0.39 is 97.5 Å². The van der Waals surface area contributed by atoms with Crippen molar-refractivity contribution in [2.45, 2.75) is 387 Å². The fourth-order valence-corrected chi connectivity index (χ4v) is 12.5.